The number of aromatic nitrogens is 1. The maximum absolute atomic E-state index is 12.2. The zero-order chi connectivity index (χ0) is 18.7. The Labute approximate surface area is 150 Å². The number of anilines is 1. The van der Waals surface area contributed by atoms with Gasteiger partial charge >= 0.3 is 0 Å². The molecule has 6 nitrogen and oxygen atoms in total. The first-order chi connectivity index (χ1) is 12.3. The number of fused-ring (bicyclic) bond motifs is 1. The lowest BCUT2D eigenvalue weighted by molar-refractivity contribution is -0.115. The van der Waals surface area contributed by atoms with Gasteiger partial charge in [-0.1, -0.05) is 24.3 Å². The number of aryl methyl sites for hydroxylation is 1. The van der Waals surface area contributed by atoms with Crippen LogP contribution in [0.3, 0.4) is 0 Å². The second-order valence-electron chi connectivity index (χ2n) is 6.01. The Balaban J connectivity index is 1.69. The van der Waals surface area contributed by atoms with E-state index in [1.165, 1.54) is 12.1 Å². The van der Waals surface area contributed by atoms with Gasteiger partial charge in [-0.3, -0.25) is 9.59 Å². The van der Waals surface area contributed by atoms with Crippen LogP contribution in [0.2, 0.25) is 0 Å². The van der Waals surface area contributed by atoms with Crippen molar-refractivity contribution >= 4 is 32.3 Å². The van der Waals surface area contributed by atoms with E-state index in [1.807, 2.05) is 0 Å². The number of sulfone groups is 1. The van der Waals surface area contributed by atoms with Gasteiger partial charge in [0.15, 0.2) is 9.84 Å². The van der Waals surface area contributed by atoms with Gasteiger partial charge in [-0.2, -0.15) is 0 Å². The Bertz CT molecular complexity index is 1120. The summed E-state index contributed by atoms with van der Waals surface area (Å²) in [5, 5.41) is 3.52. The highest BCUT2D eigenvalue weighted by Crippen LogP contribution is 2.17. The predicted octanol–water partition coefficient (Wildman–Crippen LogP) is 2.64. The van der Waals surface area contributed by atoms with Crippen molar-refractivity contribution < 1.29 is 13.2 Å². The fourth-order valence-electron chi connectivity index (χ4n) is 2.58. The minimum Gasteiger partial charge on any atom is -0.326 e. The van der Waals surface area contributed by atoms with E-state index < -0.39 is 15.7 Å². The summed E-state index contributed by atoms with van der Waals surface area (Å²) in [6.07, 6.45) is -0.153. The quantitative estimate of drug-likeness (QED) is 0.722. The van der Waals surface area contributed by atoms with Crippen LogP contribution in [-0.2, 0) is 14.6 Å². The molecule has 3 rings (SSSR count). The molecule has 2 aromatic carbocycles. The summed E-state index contributed by atoms with van der Waals surface area (Å²) in [5.41, 5.74) is 1.53. The van der Waals surface area contributed by atoms with Gasteiger partial charge in [0.2, 0.25) is 5.91 Å². The van der Waals surface area contributed by atoms with Gasteiger partial charge in [0, 0.05) is 17.7 Å². The number of rotatable bonds is 5. The van der Waals surface area contributed by atoms with Crippen LogP contribution in [0.5, 0.6) is 0 Å². The fourth-order valence-corrected chi connectivity index (χ4v) is 3.85. The second-order valence-corrected chi connectivity index (χ2v) is 8.12. The molecule has 0 atom stereocenters. The Kier molecular flexibility index (Phi) is 4.90. The number of amides is 1. The monoisotopic (exact) mass is 370 g/mol. The molecule has 0 bridgehead atoms. The first-order valence-electron chi connectivity index (χ1n) is 8.06. The molecule has 1 amide bonds. The van der Waals surface area contributed by atoms with Crippen LogP contribution in [0.15, 0.2) is 64.3 Å². The SMILES string of the molecule is Cc1cc2ccc(NC(=O)CCS(=O)(=O)c3ccccc3)cc2[nH]c1=O. The van der Waals surface area contributed by atoms with Gasteiger partial charge < -0.3 is 10.3 Å². The summed E-state index contributed by atoms with van der Waals surface area (Å²) in [7, 11) is -3.50. The molecule has 2 N–H and O–H groups in total. The van der Waals surface area contributed by atoms with Gasteiger partial charge in [0.05, 0.1) is 16.2 Å². The molecular weight excluding hydrogens is 352 g/mol. The molecule has 0 aliphatic rings. The Hall–Kier alpha value is -2.93. The smallest absolute Gasteiger partial charge is 0.251 e. The third-order valence-electron chi connectivity index (χ3n) is 4.02. The molecule has 0 radical (unpaired) electrons. The molecular formula is C19H18N2O4S. The molecule has 0 fully saturated rings. The third kappa shape index (κ3) is 4.00. The maximum Gasteiger partial charge on any atom is 0.251 e. The van der Waals surface area contributed by atoms with Crippen molar-refractivity contribution in [2.75, 3.05) is 11.1 Å². The van der Waals surface area contributed by atoms with Gasteiger partial charge in [-0.25, -0.2) is 8.42 Å². The van der Waals surface area contributed by atoms with Crippen LogP contribution < -0.4 is 10.9 Å². The zero-order valence-electron chi connectivity index (χ0n) is 14.2. The van der Waals surface area contributed by atoms with Gasteiger partial charge in [-0.15, -0.1) is 0 Å². The summed E-state index contributed by atoms with van der Waals surface area (Å²) in [6.45, 7) is 1.72. The van der Waals surface area contributed by atoms with Crippen LogP contribution in [0.25, 0.3) is 10.9 Å². The molecule has 0 aliphatic carbocycles. The van der Waals surface area contributed by atoms with Crippen molar-refractivity contribution in [3.63, 3.8) is 0 Å². The number of aromatic amines is 1. The number of hydrogen-bond donors (Lipinski definition) is 2. The Morgan fingerprint density at radius 2 is 1.81 bits per heavy atom. The molecule has 7 heteroatoms. The summed E-state index contributed by atoms with van der Waals surface area (Å²) in [5.74, 6) is -0.676. The predicted molar refractivity (Wildman–Crippen MR) is 101 cm³/mol. The summed E-state index contributed by atoms with van der Waals surface area (Å²) in [4.78, 5) is 26.8. The first-order valence-corrected chi connectivity index (χ1v) is 9.72. The molecule has 0 unspecified atom stereocenters. The van der Waals surface area contributed by atoms with Crippen LogP contribution in [-0.4, -0.2) is 25.1 Å². The lowest BCUT2D eigenvalue weighted by Gasteiger charge is -2.08. The number of carbonyl (C=O) groups is 1. The van der Waals surface area contributed by atoms with Crippen molar-refractivity contribution in [2.24, 2.45) is 0 Å². The third-order valence-corrected chi connectivity index (χ3v) is 5.75. The van der Waals surface area contributed by atoms with Crippen molar-refractivity contribution in [3.8, 4) is 0 Å². The van der Waals surface area contributed by atoms with Crippen LogP contribution in [0.4, 0.5) is 5.69 Å². The number of nitrogens with one attached hydrogen (secondary N) is 2. The van der Waals surface area contributed by atoms with E-state index >= 15 is 0 Å². The van der Waals surface area contributed by atoms with Crippen LogP contribution in [0, 0.1) is 6.92 Å². The molecule has 26 heavy (non-hydrogen) atoms. The van der Waals surface area contributed by atoms with E-state index in [1.54, 1.807) is 49.4 Å². The normalized spacial score (nSPS) is 11.4. The largest absolute Gasteiger partial charge is 0.326 e. The summed E-state index contributed by atoms with van der Waals surface area (Å²) < 4.78 is 24.4. The molecule has 3 aromatic rings. The highest BCUT2D eigenvalue weighted by molar-refractivity contribution is 7.91. The molecule has 0 saturated carbocycles. The topological polar surface area (TPSA) is 96.1 Å². The molecule has 1 aromatic heterocycles. The van der Waals surface area contributed by atoms with Crippen molar-refractivity contribution in [3.05, 3.63) is 70.5 Å². The zero-order valence-corrected chi connectivity index (χ0v) is 15.0. The number of hydrogen-bond acceptors (Lipinski definition) is 4. The van der Waals surface area contributed by atoms with Crippen molar-refractivity contribution in [2.45, 2.75) is 18.2 Å². The molecule has 0 aliphatic heterocycles. The Morgan fingerprint density at radius 3 is 2.54 bits per heavy atom. The molecule has 1 heterocycles. The highest BCUT2D eigenvalue weighted by Gasteiger charge is 2.16. The number of benzene rings is 2. The molecule has 0 spiro atoms. The van der Waals surface area contributed by atoms with Crippen molar-refractivity contribution in [1.82, 2.24) is 4.98 Å². The lowest BCUT2D eigenvalue weighted by atomic mass is 10.1. The summed E-state index contributed by atoms with van der Waals surface area (Å²) in [6, 6.07) is 15.0. The first kappa shape index (κ1) is 17.9. The summed E-state index contributed by atoms with van der Waals surface area (Å²) >= 11 is 0. The Morgan fingerprint density at radius 1 is 1.08 bits per heavy atom. The molecule has 134 valence electrons. The van der Waals surface area contributed by atoms with Crippen LogP contribution >= 0.6 is 0 Å². The maximum atomic E-state index is 12.2. The minimum absolute atomic E-state index is 0.153. The second kappa shape index (κ2) is 7.13. The fraction of sp³-hybridized carbons (Fsp3) is 0.158. The number of pyridine rings is 1. The number of carbonyl (C=O) groups excluding carboxylic acids is 1. The van der Waals surface area contributed by atoms with E-state index in [-0.39, 0.29) is 22.6 Å². The van der Waals surface area contributed by atoms with Crippen molar-refractivity contribution in [1.29, 1.82) is 0 Å². The van der Waals surface area contributed by atoms with E-state index in [4.69, 9.17) is 0 Å². The van der Waals surface area contributed by atoms with E-state index in [0.717, 1.165) is 5.39 Å². The molecule has 0 saturated heterocycles. The standard InChI is InChI=1S/C19H18N2O4S/c1-13-11-14-7-8-15(12-17(14)21-19(13)23)20-18(22)9-10-26(24,25)16-5-3-2-4-6-16/h2-8,11-12H,9-10H2,1H3,(H,20,22)(H,21,23). The van der Waals surface area contributed by atoms with Gasteiger partial charge in [-0.05, 0) is 42.6 Å². The van der Waals surface area contributed by atoms with E-state index in [0.29, 0.717) is 16.8 Å². The van der Waals surface area contributed by atoms with E-state index in [2.05, 4.69) is 10.3 Å². The van der Waals surface area contributed by atoms with Gasteiger partial charge in [0.25, 0.3) is 5.56 Å². The van der Waals surface area contributed by atoms with E-state index in [9.17, 15) is 18.0 Å². The minimum atomic E-state index is -3.50. The highest BCUT2D eigenvalue weighted by atomic mass is 32.2. The van der Waals surface area contributed by atoms with Crippen LogP contribution in [0.1, 0.15) is 12.0 Å². The average molecular weight is 370 g/mol. The average Bonchev–Trinajstić information content (AvgIpc) is 2.62. The van der Waals surface area contributed by atoms with Gasteiger partial charge in [0.1, 0.15) is 0 Å². The number of H-pyrrole nitrogens is 1. The lowest BCUT2D eigenvalue weighted by Crippen LogP contribution is -2.17.